The number of nitrogens with one attached hydrogen (secondary N) is 1. The number of aliphatic carboxylic acids is 1. The Balaban J connectivity index is 2.00. The van der Waals surface area contributed by atoms with Crippen LogP contribution in [0, 0.1) is 5.82 Å². The van der Waals surface area contributed by atoms with Crippen molar-refractivity contribution in [2.75, 3.05) is 6.54 Å². The average Bonchev–Trinajstić information content (AvgIpc) is 2.66. The van der Waals surface area contributed by atoms with E-state index in [1.54, 1.807) is 0 Å². The van der Waals surface area contributed by atoms with Crippen molar-refractivity contribution in [3.63, 3.8) is 0 Å². The minimum Gasteiger partial charge on any atom is -0.481 e. The van der Waals surface area contributed by atoms with Crippen LogP contribution in [-0.4, -0.2) is 34.6 Å². The monoisotopic (exact) mass is 464 g/mol. The van der Waals surface area contributed by atoms with Crippen LogP contribution >= 0.6 is 15.9 Å². The van der Waals surface area contributed by atoms with Gasteiger partial charge in [-0.05, 0) is 48.4 Å². The van der Waals surface area contributed by atoms with Gasteiger partial charge >= 0.3 is 5.97 Å². The quantitative estimate of drug-likeness (QED) is 0.333. The van der Waals surface area contributed by atoms with Crippen molar-refractivity contribution in [3.8, 4) is 0 Å². The summed E-state index contributed by atoms with van der Waals surface area (Å²) in [5.74, 6) is 4.19. The topological polar surface area (TPSA) is 122 Å². The van der Waals surface area contributed by atoms with Crippen LogP contribution in [0.1, 0.15) is 22.3 Å². The molecular weight excluding hydrogens is 443 g/mol. The molecule has 6 N–H and O–H groups in total. The Labute approximate surface area is 176 Å². The Hall–Kier alpha value is -2.91. The summed E-state index contributed by atoms with van der Waals surface area (Å²) in [6.45, 7) is 0.000582. The summed E-state index contributed by atoms with van der Waals surface area (Å²) in [4.78, 5) is 23.3. The number of benzene rings is 2. The van der Waals surface area contributed by atoms with Crippen molar-refractivity contribution in [3.05, 3.63) is 81.8 Å². The molecule has 0 heterocycles. The first-order valence-corrected chi connectivity index (χ1v) is 9.53. The normalized spacial score (nSPS) is 12.3. The molecule has 2 aromatic carbocycles. The molecule has 1 atom stereocenters. The van der Waals surface area contributed by atoms with Crippen LogP contribution in [0.25, 0.3) is 0 Å². The van der Waals surface area contributed by atoms with Crippen molar-refractivity contribution in [2.45, 2.75) is 18.9 Å². The van der Waals surface area contributed by atoms with Crippen LogP contribution in [0.5, 0.6) is 0 Å². The lowest BCUT2D eigenvalue weighted by Gasteiger charge is -2.26. The molecule has 0 bridgehead atoms. The van der Waals surface area contributed by atoms with E-state index in [1.807, 2.05) is 24.3 Å². The fraction of sp³-hybridized carbons (Fsp3) is 0.200. The number of carboxylic acids is 1. The fourth-order valence-corrected chi connectivity index (χ4v) is 3.10. The first-order valence-electron chi connectivity index (χ1n) is 8.74. The van der Waals surface area contributed by atoms with Gasteiger partial charge in [0, 0.05) is 21.9 Å². The molecule has 1 amide bonds. The summed E-state index contributed by atoms with van der Waals surface area (Å²) < 4.78 is 13.8. The summed E-state index contributed by atoms with van der Waals surface area (Å²) in [6.07, 6.45) is 1.61. The maximum atomic E-state index is 12.9. The molecule has 0 saturated carbocycles. The first-order chi connectivity index (χ1) is 13.7. The van der Waals surface area contributed by atoms with E-state index in [4.69, 9.17) is 11.6 Å². The lowest BCUT2D eigenvalue weighted by atomic mass is 10.0. The predicted molar refractivity (Wildman–Crippen MR) is 111 cm³/mol. The zero-order chi connectivity index (χ0) is 21.4. The van der Waals surface area contributed by atoms with Gasteiger partial charge in [0.25, 0.3) is 5.91 Å². The Morgan fingerprint density at radius 2 is 1.93 bits per heavy atom. The van der Waals surface area contributed by atoms with E-state index < -0.39 is 23.7 Å². The molecule has 0 aliphatic heterocycles. The number of carbonyl (C=O) groups is 2. The van der Waals surface area contributed by atoms with Gasteiger partial charge in [0.15, 0.2) is 0 Å². The molecule has 0 aliphatic carbocycles. The van der Waals surface area contributed by atoms with Crippen LogP contribution in [0.15, 0.2) is 64.9 Å². The second-order valence-corrected chi connectivity index (χ2v) is 7.34. The molecule has 0 spiro atoms. The van der Waals surface area contributed by atoms with Gasteiger partial charge in [-0.3, -0.25) is 9.59 Å². The van der Waals surface area contributed by atoms with Crippen LogP contribution in [-0.2, 0) is 11.2 Å². The van der Waals surface area contributed by atoms with E-state index in [0.29, 0.717) is 12.0 Å². The third-order valence-electron chi connectivity index (χ3n) is 4.07. The summed E-state index contributed by atoms with van der Waals surface area (Å²) in [7, 11) is 0. The maximum absolute atomic E-state index is 12.9. The third-order valence-corrected chi connectivity index (χ3v) is 4.56. The highest BCUT2D eigenvalue weighted by atomic mass is 79.9. The maximum Gasteiger partial charge on any atom is 0.305 e. The summed E-state index contributed by atoms with van der Waals surface area (Å²) in [5.41, 5.74) is 7.37. The molecule has 0 fully saturated rings. The fourth-order valence-electron chi connectivity index (χ4n) is 2.65. The summed E-state index contributed by atoms with van der Waals surface area (Å²) in [6, 6.07) is 12.1. The molecule has 2 aromatic rings. The average molecular weight is 465 g/mol. The molecule has 9 heteroatoms. The van der Waals surface area contributed by atoms with E-state index in [-0.39, 0.29) is 18.7 Å². The Morgan fingerprint density at radius 1 is 1.24 bits per heavy atom. The molecular formula is C20H22BrFN4O3. The number of carbonyl (C=O) groups excluding carboxylic acids is 1. The third kappa shape index (κ3) is 7.55. The smallest absolute Gasteiger partial charge is 0.305 e. The molecule has 154 valence electrons. The number of carboxylic acid groups (broad SMARTS) is 1. The zero-order valence-electron chi connectivity index (χ0n) is 15.5. The van der Waals surface area contributed by atoms with Crippen LogP contribution in [0.2, 0.25) is 0 Å². The molecule has 7 nitrogen and oxygen atoms in total. The second-order valence-electron chi connectivity index (χ2n) is 6.43. The number of hydrazine groups is 1. The lowest BCUT2D eigenvalue weighted by molar-refractivity contribution is -0.138. The lowest BCUT2D eigenvalue weighted by Crippen LogP contribution is -2.41. The highest BCUT2D eigenvalue weighted by molar-refractivity contribution is 9.10. The van der Waals surface area contributed by atoms with Gasteiger partial charge < -0.3 is 21.2 Å². The van der Waals surface area contributed by atoms with E-state index in [1.165, 1.54) is 35.5 Å². The number of hydrogen-bond donors (Lipinski definition) is 4. The van der Waals surface area contributed by atoms with Gasteiger partial charge in [-0.15, -0.1) is 0 Å². The van der Waals surface area contributed by atoms with Crippen molar-refractivity contribution in [1.82, 2.24) is 10.3 Å². The number of amides is 1. The number of nitrogens with two attached hydrogens (primary N) is 2. The number of rotatable bonds is 9. The van der Waals surface area contributed by atoms with Gasteiger partial charge in [0.05, 0.1) is 19.0 Å². The minimum atomic E-state index is -0.989. The number of nitrogens with zero attached hydrogens (tertiary/aromatic N) is 1. The van der Waals surface area contributed by atoms with Crippen molar-refractivity contribution >= 4 is 27.8 Å². The highest BCUT2D eigenvalue weighted by Gasteiger charge is 2.18. The second kappa shape index (κ2) is 10.6. The van der Waals surface area contributed by atoms with Gasteiger partial charge in [-0.2, -0.15) is 0 Å². The highest BCUT2D eigenvalue weighted by Crippen LogP contribution is 2.16. The SMILES string of the molecule is N/C(=C\N(N)C(CC(=O)O)Cc1cccc(Br)c1)CNC(=O)c1ccc(F)cc1. The molecule has 0 saturated heterocycles. The first kappa shape index (κ1) is 22.4. The Morgan fingerprint density at radius 3 is 2.55 bits per heavy atom. The van der Waals surface area contributed by atoms with Gasteiger partial charge in [0.1, 0.15) is 5.82 Å². The molecule has 2 rings (SSSR count). The Kier molecular flexibility index (Phi) is 8.17. The van der Waals surface area contributed by atoms with E-state index in [2.05, 4.69) is 21.2 Å². The van der Waals surface area contributed by atoms with Crippen LogP contribution in [0.4, 0.5) is 4.39 Å². The van der Waals surface area contributed by atoms with Gasteiger partial charge in [0.2, 0.25) is 0 Å². The molecule has 0 radical (unpaired) electrons. The van der Waals surface area contributed by atoms with Crippen molar-refractivity contribution in [1.29, 1.82) is 0 Å². The largest absolute Gasteiger partial charge is 0.481 e. The van der Waals surface area contributed by atoms with E-state index in [9.17, 15) is 19.1 Å². The van der Waals surface area contributed by atoms with E-state index >= 15 is 0 Å². The summed E-state index contributed by atoms with van der Waals surface area (Å²) >= 11 is 3.38. The zero-order valence-corrected chi connectivity index (χ0v) is 17.1. The van der Waals surface area contributed by atoms with Crippen molar-refractivity contribution < 1.29 is 19.1 Å². The molecule has 0 aliphatic rings. The summed E-state index contributed by atoms with van der Waals surface area (Å²) in [5, 5.41) is 13.0. The van der Waals surface area contributed by atoms with Crippen LogP contribution < -0.4 is 16.9 Å². The predicted octanol–water partition coefficient (Wildman–Crippen LogP) is 2.38. The number of hydrogen-bond acceptors (Lipinski definition) is 5. The van der Waals surface area contributed by atoms with Gasteiger partial charge in [-0.1, -0.05) is 28.1 Å². The number of halogens is 2. The molecule has 29 heavy (non-hydrogen) atoms. The van der Waals surface area contributed by atoms with Crippen molar-refractivity contribution in [2.24, 2.45) is 11.6 Å². The standard InChI is InChI=1S/C20H22BrFN4O3/c21-15-3-1-2-13(8-15)9-18(10-19(27)28)26(24)12-17(23)11-25-20(29)14-4-6-16(22)7-5-14/h1-8,12,18H,9-11,23-24H2,(H,25,29)(H,27,28)/b17-12-. The molecule has 0 aromatic heterocycles. The Bertz CT molecular complexity index is 890. The van der Waals surface area contributed by atoms with Gasteiger partial charge in [-0.25, -0.2) is 10.2 Å². The molecule has 1 unspecified atom stereocenters. The van der Waals surface area contributed by atoms with E-state index in [0.717, 1.165) is 10.0 Å². The van der Waals surface area contributed by atoms with Crippen LogP contribution in [0.3, 0.4) is 0 Å². The minimum absolute atomic E-state index is 0.000582.